The van der Waals surface area contributed by atoms with Crippen LogP contribution in [0, 0.1) is 43.5 Å². The molecule has 13 aromatic heterocycles. The van der Waals surface area contributed by atoms with E-state index in [0.717, 1.165) is 77.2 Å². The second kappa shape index (κ2) is 47.3. The lowest BCUT2D eigenvalue weighted by Gasteiger charge is -2.13. The van der Waals surface area contributed by atoms with Gasteiger partial charge in [-0.05, 0) is 164 Å². The van der Waals surface area contributed by atoms with Crippen molar-refractivity contribution >= 4 is 168 Å². The number of amides is 7. The van der Waals surface area contributed by atoms with Gasteiger partial charge in [-0.15, -0.1) is 86.1 Å². The van der Waals surface area contributed by atoms with Crippen molar-refractivity contribution in [3.8, 4) is 44.5 Å². The smallest absolute Gasteiger partial charge is 0.325 e. The van der Waals surface area contributed by atoms with Crippen molar-refractivity contribution in [2.75, 3.05) is 48.8 Å². The minimum Gasteiger partial charge on any atom is -0.465 e. The van der Waals surface area contributed by atoms with E-state index in [1.807, 2.05) is 48.5 Å². The average Bonchev–Trinajstić information content (AvgIpc) is 1.65. The van der Waals surface area contributed by atoms with Gasteiger partial charge in [0.05, 0.1) is 98.7 Å². The number of fused-ring (bicyclic) bond motifs is 4. The molecule has 0 aliphatic heterocycles. The Morgan fingerprint density at radius 2 is 0.678 bits per heavy atom. The van der Waals surface area contributed by atoms with Crippen LogP contribution in [-0.2, 0) is 80.6 Å². The number of esters is 1. The highest BCUT2D eigenvalue weighted by Gasteiger charge is 2.34. The van der Waals surface area contributed by atoms with Gasteiger partial charge in [-0.1, -0.05) is 36.3 Å². The number of benzene rings is 5. The van der Waals surface area contributed by atoms with E-state index in [0.29, 0.717) is 76.1 Å². The minimum absolute atomic E-state index is 0.000522. The zero-order valence-corrected chi connectivity index (χ0v) is 85.0. The fraction of sp³-hybridized carbons (Fsp3) is 0.213. The van der Waals surface area contributed by atoms with Gasteiger partial charge in [0.2, 0.25) is 117 Å². The number of halogens is 5. The Kier molecular flexibility index (Phi) is 34.0. The summed E-state index contributed by atoms with van der Waals surface area (Å²) in [7, 11) is -14.0. The minimum atomic E-state index is -3.51. The molecule has 0 aliphatic rings. The molecule has 13 heterocycles. The van der Waals surface area contributed by atoms with Gasteiger partial charge in [0.1, 0.15) is 43.8 Å². The maximum Gasteiger partial charge on any atom is 0.325 e. The van der Waals surface area contributed by atoms with E-state index in [1.165, 1.54) is 119 Å². The summed E-state index contributed by atoms with van der Waals surface area (Å²) in [5, 5.41) is 55.6. The SMILES string of the molecule is CCC(=O)NC(c1nnc(CNS(C)(=O)=O)o1)c1nc2ccc(-c3ccc(F)nc3)cc2s1.CCOC(=O)CNC(=O)NC(c1nnc(CNS(C)(=O)=O)o1)c1nc2ccc(-c3ccc(F)nc3)cc2s1.CS(=O)(=O)NCc1nnc(C(NC(=O)Nc2ccc(F)cc2)c2nc3ccc(-c4ccc(F)nc4)cc3s2)o1.Cc1noc(C)c1NC(=O)NC(c1nnc(CNS(C)(=O)=O)o1)c1nc2ccc(-c3ccc(F)nc3)cc2s1. The van der Waals surface area contributed by atoms with Gasteiger partial charge >= 0.3 is 24.1 Å². The van der Waals surface area contributed by atoms with E-state index in [2.05, 4.69) is 142 Å². The molecule has 0 saturated carbocycles. The molecule has 0 saturated heterocycles. The van der Waals surface area contributed by atoms with Gasteiger partial charge < -0.3 is 64.1 Å². The fourth-order valence-corrected chi connectivity index (χ4v) is 19.0. The molecule has 4 atom stereocenters. The number of pyridine rings is 4. The van der Waals surface area contributed by atoms with Gasteiger partial charge in [-0.3, -0.25) is 9.59 Å². The standard InChI is InChI=1S/C24H19F2N7O4S2.C23H21FN8O5S2.C22H22FN7O6S2.C20H19FN6O4S2/c1-39(35,36)28-12-20-32-33-22(37-20)21(31-24(34)29-16-6-4-15(25)5-7-16)23-30-17-8-2-13(10-18(17)38-23)14-3-9-19(26)27-11-14;1-11-19(12(2)37-32-11)28-23(33)29-20(21-31-30-18(36-21)10-26-39(3,34)35)22-27-15-6-4-13(8-16(15)38-22)14-5-7-17(24)25-9-14;1-3-35-18(31)11-25-22(32)28-19(20-30-29-17(36-20)10-26-38(2,33)34)21-27-14-6-4-12(8-15(14)37-21)13-5-7-16(23)24-9-13;1-3-16(28)25-18(19-27-26-17(31-19)10-23-33(2,29)30)20-24-13-6-4-11(8-14(13)32-20)12-5-7-15(21)22-9-12/h2-11,21,28H,12H2,1H3,(H2,29,31,34);4-9,20,26H,10H2,1-3H3,(H2,28,29,33);4-9,19,26H,3,10-11H2,1-2H3,(H2,25,28,32);4-9,18,23H,3,10H2,1-2H3,(H,25,28). The zero-order chi connectivity index (χ0) is 106. The number of anilines is 2. The van der Waals surface area contributed by atoms with Crippen molar-refractivity contribution < 1.29 is 107 Å². The Hall–Kier alpha value is -15.9. The first kappa shape index (κ1) is 107. The summed E-state index contributed by atoms with van der Waals surface area (Å²) in [5.74, 6) is -3.19. The third-order valence-corrected chi connectivity index (χ3v) is 27.2. The van der Waals surface area contributed by atoms with Crippen LogP contribution in [0.4, 0.5) is 47.7 Å². The second-order valence-electron chi connectivity index (χ2n) is 31.6. The summed E-state index contributed by atoms with van der Waals surface area (Å²) >= 11 is 5.10. The van der Waals surface area contributed by atoms with Crippen molar-refractivity contribution in [2.45, 2.75) is 84.5 Å². The fourth-order valence-electron chi connectivity index (χ4n) is 13.3. The number of carbonyl (C=O) groups excluding carboxylic acids is 5. The molecule has 0 spiro atoms. The first-order valence-electron chi connectivity index (χ1n) is 43.5. The number of sulfonamides is 4. The van der Waals surface area contributed by atoms with Crippen molar-refractivity contribution in [3.05, 3.63) is 279 Å². The van der Waals surface area contributed by atoms with Crippen LogP contribution in [-0.4, -0.2) is 188 Å². The van der Waals surface area contributed by atoms with Crippen LogP contribution in [0.25, 0.3) is 85.4 Å². The lowest BCUT2D eigenvalue weighted by atomic mass is 10.1. The second-order valence-corrected chi connectivity index (χ2v) is 43.2. The van der Waals surface area contributed by atoms with E-state index in [1.54, 1.807) is 76.2 Å². The lowest BCUT2D eigenvalue weighted by molar-refractivity contribution is -0.141. The number of thiazole rings is 4. The molecule has 149 heavy (non-hydrogen) atoms. The molecule has 7 amide bonds. The summed E-state index contributed by atoms with van der Waals surface area (Å²) < 4.78 is 202. The average molecular weight is 2200 g/mol. The number of carbonyl (C=O) groups is 5. The molecule has 0 radical (unpaired) electrons. The molecule has 0 aliphatic carbocycles. The molecule has 60 heteroatoms. The molecule has 11 N–H and O–H groups in total. The van der Waals surface area contributed by atoms with Gasteiger partial charge in [0.25, 0.3) is 0 Å². The number of nitrogens with one attached hydrogen (secondary N) is 11. The molecule has 774 valence electrons. The third kappa shape index (κ3) is 30.0. The molecular weight excluding hydrogens is 2120 g/mol. The van der Waals surface area contributed by atoms with E-state index in [-0.39, 0.29) is 98.8 Å². The molecule has 18 aromatic rings. The summed E-state index contributed by atoms with van der Waals surface area (Å²) in [6.07, 6.45) is 9.97. The normalized spacial score (nSPS) is 12.5. The van der Waals surface area contributed by atoms with Crippen molar-refractivity contribution in [2.24, 2.45) is 0 Å². The number of ether oxygens (including phenoxy) is 1. The number of nitrogens with zero attached hydrogens (tertiary/aromatic N) is 17. The van der Waals surface area contributed by atoms with Crippen molar-refractivity contribution in [1.82, 2.24) is 131 Å². The topological polar surface area (TPSA) is 648 Å². The zero-order valence-electron chi connectivity index (χ0n) is 78.4. The largest absolute Gasteiger partial charge is 0.465 e. The predicted octanol–water partition coefficient (Wildman–Crippen LogP) is 11.9. The molecule has 5 aromatic carbocycles. The van der Waals surface area contributed by atoms with Crippen LogP contribution in [0.2, 0.25) is 0 Å². The van der Waals surface area contributed by atoms with Crippen LogP contribution in [0.5, 0.6) is 0 Å². The van der Waals surface area contributed by atoms with E-state index < -0.39 is 118 Å². The Balaban J connectivity index is 0.000000149. The third-order valence-electron chi connectivity index (χ3n) is 20.2. The maximum atomic E-state index is 13.3. The predicted molar refractivity (Wildman–Crippen MR) is 531 cm³/mol. The summed E-state index contributed by atoms with van der Waals surface area (Å²) in [4.78, 5) is 95.4. The van der Waals surface area contributed by atoms with Crippen LogP contribution >= 0.6 is 45.3 Å². The maximum absolute atomic E-state index is 13.3. The molecule has 0 fully saturated rings. The number of urea groups is 3. The molecule has 47 nitrogen and oxygen atoms in total. The molecule has 4 unspecified atom stereocenters. The Morgan fingerprint density at radius 1 is 0.376 bits per heavy atom. The van der Waals surface area contributed by atoms with E-state index in [4.69, 9.17) is 26.9 Å². The number of aryl methyl sites for hydroxylation is 2. The highest BCUT2D eigenvalue weighted by Crippen LogP contribution is 2.39. The van der Waals surface area contributed by atoms with Gasteiger partial charge in [0.15, 0.2) is 29.9 Å². The van der Waals surface area contributed by atoms with Gasteiger partial charge in [-0.2, -0.15) is 17.6 Å². The first-order valence-corrected chi connectivity index (χ1v) is 54.3. The monoisotopic (exact) mass is 2200 g/mol. The van der Waals surface area contributed by atoms with Crippen LogP contribution in [0.15, 0.2) is 193 Å². The summed E-state index contributed by atoms with van der Waals surface area (Å²) in [6, 6.07) is 32.9. The molecule has 0 bridgehead atoms. The van der Waals surface area contributed by atoms with Gasteiger partial charge in [0, 0.05) is 59.1 Å². The van der Waals surface area contributed by atoms with Crippen LogP contribution < -0.4 is 56.1 Å². The molecular formula is C89H81F5N28O19S8. The quantitative estimate of drug-likeness (QED) is 0.0101. The highest BCUT2D eigenvalue weighted by atomic mass is 32.2. The first-order chi connectivity index (χ1) is 71.0. The Bertz CT molecular complexity index is 8380. The van der Waals surface area contributed by atoms with Crippen molar-refractivity contribution in [3.63, 3.8) is 0 Å². The lowest BCUT2D eigenvalue weighted by Crippen LogP contribution is -2.41. The summed E-state index contributed by atoms with van der Waals surface area (Å²) in [6.45, 7) is 5.62. The van der Waals surface area contributed by atoms with Crippen LogP contribution in [0.3, 0.4) is 0 Å². The summed E-state index contributed by atoms with van der Waals surface area (Å²) in [5.41, 5.74) is 9.93. The number of aromatic nitrogens is 17. The molecule has 18 rings (SSSR count). The van der Waals surface area contributed by atoms with E-state index in [9.17, 15) is 79.6 Å². The van der Waals surface area contributed by atoms with Crippen molar-refractivity contribution in [1.29, 1.82) is 0 Å². The number of rotatable bonds is 34. The highest BCUT2D eigenvalue weighted by molar-refractivity contribution is 7.89. The number of hydrogen-bond acceptors (Lipinski definition) is 40. The van der Waals surface area contributed by atoms with E-state index >= 15 is 0 Å². The number of hydrogen-bond donors (Lipinski definition) is 11. The van der Waals surface area contributed by atoms with Gasteiger partial charge in [-0.25, -0.2) is 111 Å². The Labute approximate surface area is 856 Å². The van der Waals surface area contributed by atoms with Crippen LogP contribution in [0.1, 0.15) is 123 Å². The Morgan fingerprint density at radius 3 is 0.960 bits per heavy atom.